The van der Waals surface area contributed by atoms with Crippen LogP contribution in [0.5, 0.6) is 0 Å². The van der Waals surface area contributed by atoms with E-state index in [1.54, 1.807) is 11.8 Å². The van der Waals surface area contributed by atoms with Gasteiger partial charge in [-0.1, -0.05) is 0 Å². The van der Waals surface area contributed by atoms with Gasteiger partial charge >= 0.3 is 6.18 Å². The van der Waals surface area contributed by atoms with E-state index in [-0.39, 0.29) is 24.3 Å². The molecule has 0 amide bonds. The fourth-order valence-electron chi connectivity index (χ4n) is 3.86. The highest BCUT2D eigenvalue weighted by Gasteiger charge is 2.41. The van der Waals surface area contributed by atoms with E-state index < -0.39 is 30.1 Å². The summed E-state index contributed by atoms with van der Waals surface area (Å²) in [5, 5.41) is 29.6. The molecule has 0 saturated carbocycles. The highest BCUT2D eigenvalue weighted by atomic mass is 19.4. The molecule has 0 spiro atoms. The van der Waals surface area contributed by atoms with Crippen LogP contribution in [0.3, 0.4) is 0 Å². The van der Waals surface area contributed by atoms with E-state index >= 15 is 0 Å². The van der Waals surface area contributed by atoms with Crippen LogP contribution in [-0.4, -0.2) is 75.7 Å². The molecule has 2 aliphatic rings. The third-order valence-electron chi connectivity index (χ3n) is 5.41. The minimum absolute atomic E-state index is 0.0512. The van der Waals surface area contributed by atoms with Crippen molar-refractivity contribution in [2.24, 2.45) is 5.92 Å². The highest BCUT2D eigenvalue weighted by Crippen LogP contribution is 2.37. The van der Waals surface area contributed by atoms with E-state index in [0.717, 1.165) is 6.07 Å². The van der Waals surface area contributed by atoms with Gasteiger partial charge in [-0.3, -0.25) is 4.90 Å². The molecule has 0 radical (unpaired) electrons. The summed E-state index contributed by atoms with van der Waals surface area (Å²) >= 11 is 0. The average Bonchev–Trinajstić information content (AvgIpc) is 3.05. The van der Waals surface area contributed by atoms with Crippen LogP contribution in [0.2, 0.25) is 0 Å². The van der Waals surface area contributed by atoms with E-state index in [1.807, 2.05) is 4.90 Å². The lowest BCUT2D eigenvalue weighted by molar-refractivity contribution is -0.137. The van der Waals surface area contributed by atoms with Gasteiger partial charge < -0.3 is 20.2 Å². The number of nitrogens with zero attached hydrogens (tertiary/aromatic N) is 3. The Morgan fingerprint density at radius 1 is 1.19 bits per heavy atom. The molecular formula is C17H24F3N3O3. The van der Waals surface area contributed by atoms with Crippen molar-refractivity contribution >= 4 is 5.82 Å². The Kier molecular flexibility index (Phi) is 5.43. The summed E-state index contributed by atoms with van der Waals surface area (Å²) in [5.41, 5.74) is -0.735. The maximum atomic E-state index is 13.2. The predicted octanol–water partition coefficient (Wildman–Crippen LogP) is 0.714. The van der Waals surface area contributed by atoms with Gasteiger partial charge in [-0.05, 0) is 31.4 Å². The first kappa shape index (κ1) is 19.3. The molecule has 2 aliphatic heterocycles. The van der Waals surface area contributed by atoms with E-state index in [9.17, 15) is 28.5 Å². The Morgan fingerprint density at radius 3 is 2.62 bits per heavy atom. The molecule has 26 heavy (non-hydrogen) atoms. The molecule has 6 nitrogen and oxygen atoms in total. The van der Waals surface area contributed by atoms with Crippen molar-refractivity contribution in [3.05, 3.63) is 23.9 Å². The second-order valence-corrected chi connectivity index (χ2v) is 7.22. The van der Waals surface area contributed by atoms with Crippen molar-refractivity contribution in [3.63, 3.8) is 0 Å². The number of rotatable bonds is 3. The molecule has 3 heterocycles. The van der Waals surface area contributed by atoms with Crippen molar-refractivity contribution < 1.29 is 28.5 Å². The largest absolute Gasteiger partial charge is 0.419 e. The van der Waals surface area contributed by atoms with E-state index in [1.165, 1.54) is 12.3 Å². The molecule has 2 saturated heterocycles. The second-order valence-electron chi connectivity index (χ2n) is 7.22. The Bertz CT molecular complexity index is 631. The van der Waals surface area contributed by atoms with Crippen LogP contribution in [0.1, 0.15) is 18.9 Å². The molecule has 1 aromatic rings. The summed E-state index contributed by atoms with van der Waals surface area (Å²) < 4.78 is 39.6. The van der Waals surface area contributed by atoms with Crippen LogP contribution in [0.4, 0.5) is 19.0 Å². The number of alkyl halides is 3. The molecular weight excluding hydrogens is 351 g/mol. The first-order valence-corrected chi connectivity index (χ1v) is 8.74. The average molecular weight is 375 g/mol. The van der Waals surface area contributed by atoms with Gasteiger partial charge in [0.15, 0.2) is 0 Å². The van der Waals surface area contributed by atoms with Gasteiger partial charge in [0.05, 0.1) is 17.8 Å². The molecule has 146 valence electrons. The van der Waals surface area contributed by atoms with Gasteiger partial charge in [0.2, 0.25) is 0 Å². The van der Waals surface area contributed by atoms with Crippen molar-refractivity contribution in [2.45, 2.75) is 43.9 Å². The van der Waals surface area contributed by atoms with E-state index in [2.05, 4.69) is 4.98 Å². The van der Waals surface area contributed by atoms with Crippen LogP contribution in [-0.2, 0) is 6.18 Å². The Balaban J connectivity index is 1.67. The predicted molar refractivity (Wildman–Crippen MR) is 88.6 cm³/mol. The summed E-state index contributed by atoms with van der Waals surface area (Å²) in [6, 6.07) is 1.99. The number of piperidine rings is 1. The Morgan fingerprint density at radius 2 is 1.92 bits per heavy atom. The number of β-amino-alcohol motifs (C(OH)–C–C–N with tert-alkyl or cyclic N) is 1. The summed E-state index contributed by atoms with van der Waals surface area (Å²) in [6.45, 7) is 3.44. The number of aromatic nitrogens is 1. The highest BCUT2D eigenvalue weighted by molar-refractivity contribution is 5.49. The number of hydrogen-bond donors (Lipinski definition) is 3. The zero-order valence-electron chi connectivity index (χ0n) is 14.5. The Hall–Kier alpha value is -1.42. The maximum absolute atomic E-state index is 13.2. The van der Waals surface area contributed by atoms with Gasteiger partial charge in [0.1, 0.15) is 11.9 Å². The quantitative estimate of drug-likeness (QED) is 0.722. The molecule has 9 heteroatoms. The molecule has 0 bridgehead atoms. The minimum atomic E-state index is -4.45. The lowest BCUT2D eigenvalue weighted by Gasteiger charge is -2.43. The van der Waals surface area contributed by atoms with Crippen LogP contribution in [0.15, 0.2) is 18.3 Å². The first-order valence-electron chi connectivity index (χ1n) is 8.74. The minimum Gasteiger partial charge on any atom is -0.389 e. The second kappa shape index (κ2) is 7.30. The van der Waals surface area contributed by atoms with Gasteiger partial charge in [-0.2, -0.15) is 13.2 Å². The molecule has 3 rings (SSSR count). The summed E-state index contributed by atoms with van der Waals surface area (Å²) in [5.74, 6) is 0.0415. The first-order chi connectivity index (χ1) is 12.2. The summed E-state index contributed by atoms with van der Waals surface area (Å²) in [7, 11) is 0. The summed E-state index contributed by atoms with van der Waals surface area (Å²) in [4.78, 5) is 7.47. The smallest absolute Gasteiger partial charge is 0.389 e. The number of anilines is 1. The zero-order chi connectivity index (χ0) is 19.1. The number of hydrogen-bond acceptors (Lipinski definition) is 6. The van der Waals surface area contributed by atoms with Crippen molar-refractivity contribution in [1.82, 2.24) is 9.88 Å². The molecule has 2 fully saturated rings. The van der Waals surface area contributed by atoms with E-state index in [0.29, 0.717) is 26.1 Å². The molecule has 1 unspecified atom stereocenters. The number of aliphatic hydroxyl groups excluding tert-OH is 3. The fraction of sp³-hybridized carbons (Fsp3) is 0.706. The van der Waals surface area contributed by atoms with Crippen LogP contribution < -0.4 is 4.90 Å². The molecule has 1 aromatic heterocycles. The van der Waals surface area contributed by atoms with E-state index in [4.69, 9.17) is 0 Å². The van der Waals surface area contributed by atoms with Gasteiger partial charge in [-0.25, -0.2) is 4.98 Å². The molecule has 0 aliphatic carbocycles. The molecule has 0 aromatic carbocycles. The monoisotopic (exact) mass is 375 g/mol. The molecule has 5 atom stereocenters. The van der Waals surface area contributed by atoms with Crippen molar-refractivity contribution in [3.8, 4) is 0 Å². The van der Waals surface area contributed by atoms with Gasteiger partial charge in [0.25, 0.3) is 0 Å². The molecule has 3 N–H and O–H groups in total. The Labute approximate surface area is 149 Å². The number of aliphatic hydroxyl groups is 3. The van der Waals surface area contributed by atoms with Crippen LogP contribution in [0, 0.1) is 5.92 Å². The number of pyridine rings is 1. The third kappa shape index (κ3) is 3.80. The fourth-order valence-corrected chi connectivity index (χ4v) is 3.86. The number of likely N-dealkylation sites (tertiary alicyclic amines) is 1. The van der Waals surface area contributed by atoms with Crippen molar-refractivity contribution in [1.29, 1.82) is 0 Å². The van der Waals surface area contributed by atoms with Gasteiger partial charge in [-0.15, -0.1) is 0 Å². The maximum Gasteiger partial charge on any atom is 0.419 e. The summed E-state index contributed by atoms with van der Waals surface area (Å²) in [6.07, 6.45) is -5.66. The van der Waals surface area contributed by atoms with Crippen LogP contribution >= 0.6 is 0 Å². The SMILES string of the molecule is C[C@@H]1[C@@H](O)[C@H](O)[C@@H](O)CN1CC1CCN(c2ncccc2C(F)(F)F)C1. The topological polar surface area (TPSA) is 80.1 Å². The number of halogens is 3. The standard InChI is InChI=1S/C17H24F3N3O3/c1-10-14(25)15(26)13(24)9-23(10)8-11-4-6-22(7-11)16-12(17(18,19)20)3-2-5-21-16/h2-3,5,10-11,13-15,24-26H,4,6-9H2,1H3/t10-,11?,13+,14-,15-/m1/s1. The normalized spacial score (nSPS) is 33.7. The lowest BCUT2D eigenvalue weighted by atomic mass is 9.93. The lowest BCUT2D eigenvalue weighted by Crippen LogP contribution is -2.60. The zero-order valence-corrected chi connectivity index (χ0v) is 14.5. The van der Waals surface area contributed by atoms with Crippen LogP contribution in [0.25, 0.3) is 0 Å². The van der Waals surface area contributed by atoms with Crippen molar-refractivity contribution in [2.75, 3.05) is 31.1 Å². The third-order valence-corrected chi connectivity index (χ3v) is 5.41. The van der Waals surface area contributed by atoms with Gasteiger partial charge in [0, 0.05) is 38.4 Å².